The summed E-state index contributed by atoms with van der Waals surface area (Å²) in [5, 5.41) is 18.1. The number of hydrogen-bond acceptors (Lipinski definition) is 6. The molecule has 0 amide bonds. The number of fused-ring (bicyclic) bond motifs is 1. The topological polar surface area (TPSA) is 82.7 Å². The number of aryl methyl sites for hydroxylation is 1. The van der Waals surface area contributed by atoms with Gasteiger partial charge in [-0.3, -0.25) is 9.69 Å². The Hall–Kier alpha value is -2.84. The van der Waals surface area contributed by atoms with Gasteiger partial charge in [0.15, 0.2) is 0 Å². The molecule has 0 radical (unpaired) electrons. The Labute approximate surface area is 242 Å². The van der Waals surface area contributed by atoms with Crippen LogP contribution in [0.25, 0.3) is 11.0 Å². The minimum Gasteiger partial charge on any atom is -0.480 e. The minimum absolute atomic E-state index is 0.158. The van der Waals surface area contributed by atoms with Gasteiger partial charge < -0.3 is 10.0 Å². The molecule has 1 aromatic heterocycles. The Bertz CT molecular complexity index is 1300. The highest BCUT2D eigenvalue weighted by atomic mass is 19.1. The number of halogens is 1. The van der Waals surface area contributed by atoms with E-state index >= 15 is 0 Å². The van der Waals surface area contributed by atoms with Gasteiger partial charge in [0.05, 0.1) is 0 Å². The van der Waals surface area contributed by atoms with Gasteiger partial charge in [0, 0.05) is 25.6 Å². The van der Waals surface area contributed by atoms with E-state index in [1.165, 1.54) is 43.7 Å². The second-order valence-electron chi connectivity index (χ2n) is 12.8. The van der Waals surface area contributed by atoms with Crippen LogP contribution in [0.5, 0.6) is 0 Å². The van der Waals surface area contributed by atoms with Crippen molar-refractivity contribution in [2.75, 3.05) is 32.7 Å². The lowest BCUT2D eigenvalue weighted by Crippen LogP contribution is -2.46. The first-order valence-electron chi connectivity index (χ1n) is 15.7. The first kappa shape index (κ1) is 28.3. The lowest BCUT2D eigenvalue weighted by Gasteiger charge is -2.35. The van der Waals surface area contributed by atoms with E-state index in [-0.39, 0.29) is 17.7 Å². The summed E-state index contributed by atoms with van der Waals surface area (Å²) >= 11 is 0. The van der Waals surface area contributed by atoms with Crippen molar-refractivity contribution in [3.05, 3.63) is 59.4 Å². The summed E-state index contributed by atoms with van der Waals surface area (Å²) in [6, 6.07) is 12.8. The van der Waals surface area contributed by atoms with E-state index < -0.39 is 12.0 Å². The van der Waals surface area contributed by atoms with Crippen molar-refractivity contribution in [3.63, 3.8) is 0 Å². The number of carbonyl (C=O) groups is 1. The summed E-state index contributed by atoms with van der Waals surface area (Å²) in [6.07, 6.45) is 11.3. The van der Waals surface area contributed by atoms with Crippen LogP contribution in [-0.4, -0.2) is 70.0 Å². The van der Waals surface area contributed by atoms with E-state index in [1.807, 2.05) is 12.1 Å². The van der Waals surface area contributed by atoms with Gasteiger partial charge in [0.2, 0.25) is 0 Å². The van der Waals surface area contributed by atoms with Crippen molar-refractivity contribution in [2.45, 2.75) is 76.2 Å². The zero-order valence-electron chi connectivity index (χ0n) is 24.0. The number of hydrogen-bond donors (Lipinski definition) is 1. The first-order valence-corrected chi connectivity index (χ1v) is 15.7. The lowest BCUT2D eigenvalue weighted by atomic mass is 9.83. The van der Waals surface area contributed by atoms with E-state index in [0.29, 0.717) is 12.5 Å². The third-order valence-corrected chi connectivity index (χ3v) is 10.1. The first-order chi connectivity index (χ1) is 20.0. The largest absolute Gasteiger partial charge is 0.480 e. The molecule has 41 heavy (non-hydrogen) atoms. The Morgan fingerprint density at radius 2 is 1.80 bits per heavy atom. The highest BCUT2D eigenvalue weighted by Crippen LogP contribution is 2.39. The van der Waals surface area contributed by atoms with Gasteiger partial charge in [-0.25, -0.2) is 9.02 Å². The number of rotatable bonds is 10. The van der Waals surface area contributed by atoms with Crippen molar-refractivity contribution < 1.29 is 18.9 Å². The molecule has 0 unspecified atom stereocenters. The standard InChI is InChI=1S/C33H43FN4O3/c34-28-11-5-10-26(19-28)29-22-38(32(33(39)40)25-8-2-1-3-9-25)21-27(29)20-37-16-14-23(15-17-37)6-4-7-24-12-13-30-31(18-24)36-41-35-30/h5,10-13,18-19,23,25,27,29,32H,1-4,6-9,14-17,20-22H2,(H,39,40)/t27-,29+,32+/m0/s1. The maximum atomic E-state index is 14.3. The van der Waals surface area contributed by atoms with Crippen LogP contribution >= 0.6 is 0 Å². The lowest BCUT2D eigenvalue weighted by molar-refractivity contribution is -0.145. The number of piperidine rings is 1. The van der Waals surface area contributed by atoms with Crippen LogP contribution in [0.3, 0.4) is 0 Å². The summed E-state index contributed by atoms with van der Waals surface area (Å²) in [7, 11) is 0. The number of aliphatic carboxylic acids is 1. The van der Waals surface area contributed by atoms with Gasteiger partial charge in [-0.1, -0.05) is 43.9 Å². The third kappa shape index (κ3) is 6.81. The van der Waals surface area contributed by atoms with Gasteiger partial charge in [-0.05, 0) is 115 Å². The number of nitrogens with zero attached hydrogens (tertiary/aromatic N) is 4. The Balaban J connectivity index is 1.05. The Morgan fingerprint density at radius 1 is 1.00 bits per heavy atom. The molecule has 3 fully saturated rings. The minimum atomic E-state index is -0.686. The SMILES string of the molecule is O=C(O)[C@@H](C1CCCCC1)N1C[C@H](CN2CCC(CCCc3ccc4nonc4c3)CC2)[C@@H](c2cccc(F)c2)C1. The zero-order valence-corrected chi connectivity index (χ0v) is 24.0. The molecule has 3 aromatic rings. The molecule has 1 N–H and O–H groups in total. The zero-order chi connectivity index (χ0) is 28.2. The van der Waals surface area contributed by atoms with Gasteiger partial charge >= 0.3 is 5.97 Å². The number of aromatic nitrogens is 2. The normalized spacial score (nSPS) is 24.2. The van der Waals surface area contributed by atoms with Crippen LogP contribution in [0.4, 0.5) is 4.39 Å². The molecule has 220 valence electrons. The summed E-state index contributed by atoms with van der Waals surface area (Å²) in [5.41, 5.74) is 3.93. The second-order valence-corrected chi connectivity index (χ2v) is 12.8. The molecule has 8 heteroatoms. The quantitative estimate of drug-likeness (QED) is 0.318. The maximum absolute atomic E-state index is 14.3. The molecule has 0 bridgehead atoms. The summed E-state index contributed by atoms with van der Waals surface area (Å²) in [6.45, 7) is 4.60. The van der Waals surface area contributed by atoms with Gasteiger partial charge in [-0.2, -0.15) is 0 Å². The number of carboxylic acid groups (broad SMARTS) is 1. The highest BCUT2D eigenvalue weighted by molar-refractivity contribution is 5.74. The second kappa shape index (κ2) is 13.0. The smallest absolute Gasteiger partial charge is 0.321 e. The van der Waals surface area contributed by atoms with E-state index in [4.69, 9.17) is 4.63 Å². The predicted molar refractivity (Wildman–Crippen MR) is 156 cm³/mol. The van der Waals surface area contributed by atoms with Crippen molar-refractivity contribution >= 4 is 17.0 Å². The molecule has 6 rings (SSSR count). The Kier molecular flexibility index (Phi) is 8.96. The molecule has 0 spiro atoms. The average molecular weight is 563 g/mol. The Morgan fingerprint density at radius 3 is 2.59 bits per heavy atom. The third-order valence-electron chi connectivity index (χ3n) is 10.1. The van der Waals surface area contributed by atoms with Crippen LogP contribution < -0.4 is 0 Å². The van der Waals surface area contributed by atoms with E-state index in [2.05, 4.69) is 32.2 Å². The molecule has 1 saturated carbocycles. The number of carboxylic acids is 1. The van der Waals surface area contributed by atoms with Crippen LogP contribution in [-0.2, 0) is 11.2 Å². The molecule has 2 saturated heterocycles. The van der Waals surface area contributed by atoms with E-state index in [0.717, 1.165) is 80.8 Å². The molecule has 3 aliphatic rings. The molecular formula is C33H43FN4O3. The monoisotopic (exact) mass is 562 g/mol. The summed E-state index contributed by atoms with van der Waals surface area (Å²) < 4.78 is 19.1. The molecule has 1 aliphatic carbocycles. The molecule has 2 aromatic carbocycles. The van der Waals surface area contributed by atoms with Gasteiger partial charge in [-0.15, -0.1) is 0 Å². The fourth-order valence-electron chi connectivity index (χ4n) is 7.90. The summed E-state index contributed by atoms with van der Waals surface area (Å²) in [4.78, 5) is 17.3. The maximum Gasteiger partial charge on any atom is 0.321 e. The number of likely N-dealkylation sites (tertiary alicyclic amines) is 2. The van der Waals surface area contributed by atoms with Crippen molar-refractivity contribution in [2.24, 2.45) is 17.8 Å². The highest BCUT2D eigenvalue weighted by Gasteiger charge is 2.43. The van der Waals surface area contributed by atoms with Crippen LogP contribution in [0, 0.1) is 23.6 Å². The summed E-state index contributed by atoms with van der Waals surface area (Å²) in [5.74, 6) is 0.531. The number of benzene rings is 2. The molecular weight excluding hydrogens is 519 g/mol. The molecule has 3 heterocycles. The van der Waals surface area contributed by atoms with Crippen molar-refractivity contribution in [1.29, 1.82) is 0 Å². The fourth-order valence-corrected chi connectivity index (χ4v) is 7.90. The van der Waals surface area contributed by atoms with Gasteiger partial charge in [0.25, 0.3) is 0 Å². The van der Waals surface area contributed by atoms with Crippen LogP contribution in [0.15, 0.2) is 47.1 Å². The molecule has 3 atom stereocenters. The van der Waals surface area contributed by atoms with Crippen molar-refractivity contribution in [3.8, 4) is 0 Å². The molecule has 2 aliphatic heterocycles. The van der Waals surface area contributed by atoms with Crippen LogP contribution in [0.1, 0.15) is 74.8 Å². The van der Waals surface area contributed by atoms with Gasteiger partial charge in [0.1, 0.15) is 22.9 Å². The van der Waals surface area contributed by atoms with Crippen LogP contribution in [0.2, 0.25) is 0 Å². The predicted octanol–water partition coefficient (Wildman–Crippen LogP) is 6.15. The van der Waals surface area contributed by atoms with Crippen molar-refractivity contribution in [1.82, 2.24) is 20.1 Å². The molecule has 7 nitrogen and oxygen atoms in total. The average Bonchev–Trinajstić information content (AvgIpc) is 3.61. The van der Waals surface area contributed by atoms with E-state index in [1.54, 1.807) is 12.1 Å². The van der Waals surface area contributed by atoms with E-state index in [9.17, 15) is 14.3 Å². The fraction of sp³-hybridized carbons (Fsp3) is 0.606.